The molecule has 3 heteroatoms. The van der Waals surface area contributed by atoms with Gasteiger partial charge in [-0.2, -0.15) is 0 Å². The maximum Gasteiger partial charge on any atom is 0.0950 e. The highest BCUT2D eigenvalue weighted by Gasteiger charge is 2.03. The number of imidazole rings is 1. The van der Waals surface area contributed by atoms with Crippen molar-refractivity contribution in [1.82, 2.24) is 14.9 Å². The number of aryl methyl sites for hydroxylation is 1. The van der Waals surface area contributed by atoms with Crippen LogP contribution in [0.3, 0.4) is 0 Å². The standard InChI is InChI=1S/C13H17N3/c1-3-16-10-15-9-13(16)12-6-4-5-11(7-12)8-14-2/h4-7,9-10,14H,3,8H2,1-2H3. The van der Waals surface area contributed by atoms with Gasteiger partial charge in [-0.05, 0) is 25.6 Å². The first-order chi connectivity index (χ1) is 7.85. The van der Waals surface area contributed by atoms with Crippen molar-refractivity contribution >= 4 is 0 Å². The summed E-state index contributed by atoms with van der Waals surface area (Å²) >= 11 is 0. The molecule has 1 aromatic heterocycles. The van der Waals surface area contributed by atoms with E-state index in [1.165, 1.54) is 16.8 Å². The molecule has 0 fully saturated rings. The average molecular weight is 215 g/mol. The zero-order valence-corrected chi connectivity index (χ0v) is 9.77. The number of aromatic nitrogens is 2. The van der Waals surface area contributed by atoms with Crippen molar-refractivity contribution in [3.05, 3.63) is 42.4 Å². The molecule has 0 amide bonds. The van der Waals surface area contributed by atoms with E-state index in [9.17, 15) is 0 Å². The van der Waals surface area contributed by atoms with Crippen LogP contribution in [0.25, 0.3) is 11.3 Å². The first-order valence-electron chi connectivity index (χ1n) is 5.59. The lowest BCUT2D eigenvalue weighted by molar-refractivity contribution is 0.768. The summed E-state index contributed by atoms with van der Waals surface area (Å²) in [5.41, 5.74) is 3.71. The Labute approximate surface area is 96.1 Å². The lowest BCUT2D eigenvalue weighted by Gasteiger charge is -2.07. The van der Waals surface area contributed by atoms with Gasteiger partial charge < -0.3 is 9.88 Å². The van der Waals surface area contributed by atoms with E-state index in [-0.39, 0.29) is 0 Å². The Bertz CT molecular complexity index is 460. The molecule has 0 unspecified atom stereocenters. The molecule has 0 aliphatic rings. The largest absolute Gasteiger partial charge is 0.331 e. The van der Waals surface area contributed by atoms with Crippen LogP contribution < -0.4 is 5.32 Å². The molecule has 0 aliphatic heterocycles. The van der Waals surface area contributed by atoms with E-state index in [0.717, 1.165) is 13.1 Å². The summed E-state index contributed by atoms with van der Waals surface area (Å²) in [6.07, 6.45) is 3.79. The van der Waals surface area contributed by atoms with Gasteiger partial charge in [0.25, 0.3) is 0 Å². The molecule has 1 N–H and O–H groups in total. The van der Waals surface area contributed by atoms with E-state index in [1.807, 2.05) is 19.6 Å². The minimum absolute atomic E-state index is 0.897. The highest BCUT2D eigenvalue weighted by molar-refractivity contribution is 5.59. The molecule has 1 heterocycles. The van der Waals surface area contributed by atoms with E-state index in [1.54, 1.807) is 0 Å². The molecule has 2 rings (SSSR count). The predicted octanol–water partition coefficient (Wildman–Crippen LogP) is 2.29. The molecule has 0 aliphatic carbocycles. The van der Waals surface area contributed by atoms with Gasteiger partial charge in [0.15, 0.2) is 0 Å². The molecule has 3 nitrogen and oxygen atoms in total. The fourth-order valence-corrected chi connectivity index (χ4v) is 1.86. The molecule has 1 aromatic carbocycles. The van der Waals surface area contributed by atoms with Crippen molar-refractivity contribution in [3.63, 3.8) is 0 Å². The second-order valence-corrected chi connectivity index (χ2v) is 3.80. The van der Waals surface area contributed by atoms with Gasteiger partial charge in [0, 0.05) is 18.7 Å². The molecule has 0 spiro atoms. The van der Waals surface area contributed by atoms with Crippen molar-refractivity contribution in [2.75, 3.05) is 7.05 Å². The van der Waals surface area contributed by atoms with Crippen LogP contribution >= 0.6 is 0 Å². The van der Waals surface area contributed by atoms with E-state index in [4.69, 9.17) is 0 Å². The van der Waals surface area contributed by atoms with Gasteiger partial charge in [0.2, 0.25) is 0 Å². The lowest BCUT2D eigenvalue weighted by atomic mass is 10.1. The van der Waals surface area contributed by atoms with Crippen LogP contribution in [0, 0.1) is 0 Å². The van der Waals surface area contributed by atoms with Crippen molar-refractivity contribution in [1.29, 1.82) is 0 Å². The zero-order chi connectivity index (χ0) is 11.4. The number of hydrogen-bond acceptors (Lipinski definition) is 2. The fourth-order valence-electron chi connectivity index (χ4n) is 1.86. The third-order valence-corrected chi connectivity index (χ3v) is 2.66. The van der Waals surface area contributed by atoms with Crippen LogP contribution in [0.4, 0.5) is 0 Å². The smallest absolute Gasteiger partial charge is 0.0950 e. The summed E-state index contributed by atoms with van der Waals surface area (Å²) in [5, 5.41) is 3.16. The molecule has 16 heavy (non-hydrogen) atoms. The van der Waals surface area contributed by atoms with Gasteiger partial charge in [-0.3, -0.25) is 0 Å². The maximum atomic E-state index is 4.19. The highest BCUT2D eigenvalue weighted by atomic mass is 15.0. The summed E-state index contributed by atoms with van der Waals surface area (Å²) in [5.74, 6) is 0. The Morgan fingerprint density at radius 1 is 1.38 bits per heavy atom. The van der Waals surface area contributed by atoms with Crippen molar-refractivity contribution in [2.24, 2.45) is 0 Å². The van der Waals surface area contributed by atoms with Crippen LogP contribution in [0.15, 0.2) is 36.8 Å². The van der Waals surface area contributed by atoms with Crippen LogP contribution in [0.5, 0.6) is 0 Å². The molecule has 0 saturated heterocycles. The van der Waals surface area contributed by atoms with Gasteiger partial charge in [0.05, 0.1) is 18.2 Å². The topological polar surface area (TPSA) is 29.9 Å². The quantitative estimate of drug-likeness (QED) is 0.848. The Kier molecular flexibility index (Phi) is 3.37. The number of hydrogen-bond donors (Lipinski definition) is 1. The molecular formula is C13H17N3. The number of nitrogens with one attached hydrogen (secondary N) is 1. The van der Waals surface area contributed by atoms with E-state index in [0.29, 0.717) is 0 Å². The van der Waals surface area contributed by atoms with Crippen molar-refractivity contribution < 1.29 is 0 Å². The van der Waals surface area contributed by atoms with E-state index >= 15 is 0 Å². The fraction of sp³-hybridized carbons (Fsp3) is 0.308. The van der Waals surface area contributed by atoms with Crippen LogP contribution in [-0.2, 0) is 13.1 Å². The monoisotopic (exact) mass is 215 g/mol. The Morgan fingerprint density at radius 2 is 2.25 bits per heavy atom. The molecule has 0 saturated carbocycles. The lowest BCUT2D eigenvalue weighted by Crippen LogP contribution is -2.05. The second kappa shape index (κ2) is 4.94. The maximum absolute atomic E-state index is 4.19. The summed E-state index contributed by atoms with van der Waals surface area (Å²) in [6, 6.07) is 8.56. The first-order valence-corrected chi connectivity index (χ1v) is 5.59. The molecule has 0 bridgehead atoms. The number of rotatable bonds is 4. The SMILES string of the molecule is CCn1cncc1-c1cccc(CNC)c1. The third kappa shape index (κ3) is 2.14. The molecular weight excluding hydrogens is 198 g/mol. The van der Waals surface area contributed by atoms with Gasteiger partial charge in [-0.1, -0.05) is 18.2 Å². The normalized spacial score (nSPS) is 10.6. The third-order valence-electron chi connectivity index (χ3n) is 2.66. The molecule has 0 atom stereocenters. The Hall–Kier alpha value is -1.61. The highest BCUT2D eigenvalue weighted by Crippen LogP contribution is 2.20. The molecule has 84 valence electrons. The number of nitrogens with zero attached hydrogens (tertiary/aromatic N) is 2. The van der Waals surface area contributed by atoms with Crippen LogP contribution in [0.1, 0.15) is 12.5 Å². The second-order valence-electron chi connectivity index (χ2n) is 3.80. The van der Waals surface area contributed by atoms with Crippen molar-refractivity contribution in [2.45, 2.75) is 20.0 Å². The summed E-state index contributed by atoms with van der Waals surface area (Å²) in [6.45, 7) is 3.97. The predicted molar refractivity (Wildman–Crippen MR) is 66.1 cm³/mol. The summed E-state index contributed by atoms with van der Waals surface area (Å²) in [4.78, 5) is 4.19. The first kappa shape index (κ1) is 10.9. The van der Waals surface area contributed by atoms with Gasteiger partial charge in [0.1, 0.15) is 0 Å². The molecule has 0 radical (unpaired) electrons. The Balaban J connectivity index is 2.36. The van der Waals surface area contributed by atoms with Gasteiger partial charge >= 0.3 is 0 Å². The minimum atomic E-state index is 0.897. The van der Waals surface area contributed by atoms with Crippen LogP contribution in [0.2, 0.25) is 0 Å². The number of benzene rings is 1. The zero-order valence-electron chi connectivity index (χ0n) is 9.77. The van der Waals surface area contributed by atoms with Crippen LogP contribution in [-0.4, -0.2) is 16.6 Å². The Morgan fingerprint density at radius 3 is 3.00 bits per heavy atom. The van der Waals surface area contributed by atoms with Gasteiger partial charge in [-0.15, -0.1) is 0 Å². The summed E-state index contributed by atoms with van der Waals surface area (Å²) < 4.78 is 2.15. The minimum Gasteiger partial charge on any atom is -0.331 e. The van der Waals surface area contributed by atoms with Crippen molar-refractivity contribution in [3.8, 4) is 11.3 Å². The summed E-state index contributed by atoms with van der Waals surface area (Å²) in [7, 11) is 1.96. The van der Waals surface area contributed by atoms with Gasteiger partial charge in [-0.25, -0.2) is 4.98 Å². The van der Waals surface area contributed by atoms with E-state index in [2.05, 4.69) is 46.1 Å². The average Bonchev–Trinajstić information content (AvgIpc) is 2.78. The molecule has 2 aromatic rings. The van der Waals surface area contributed by atoms with E-state index < -0.39 is 0 Å².